The van der Waals surface area contributed by atoms with Crippen molar-refractivity contribution in [3.8, 4) is 0 Å². The van der Waals surface area contributed by atoms with Crippen molar-refractivity contribution in [3.63, 3.8) is 0 Å². The number of amides is 2. The van der Waals surface area contributed by atoms with Crippen molar-refractivity contribution < 1.29 is 9.90 Å². The number of nitrogens with zero attached hydrogens (tertiary/aromatic N) is 3. The minimum atomic E-state index is -0.471. The number of hydrogen-bond acceptors (Lipinski definition) is 3. The molecular weight excluding hydrogens is 266 g/mol. The Labute approximate surface area is 126 Å². The molecule has 5 nitrogen and oxygen atoms in total. The molecule has 2 amide bonds. The molecule has 1 heterocycles. The van der Waals surface area contributed by atoms with Crippen molar-refractivity contribution >= 4 is 6.03 Å². The zero-order valence-corrected chi connectivity index (χ0v) is 13.1. The number of aliphatic hydroxyl groups is 1. The van der Waals surface area contributed by atoms with E-state index in [1.165, 1.54) is 5.56 Å². The van der Waals surface area contributed by atoms with Crippen LogP contribution in [-0.4, -0.2) is 72.7 Å². The molecule has 1 unspecified atom stereocenters. The Kier molecular flexibility index (Phi) is 5.20. The van der Waals surface area contributed by atoms with E-state index in [-0.39, 0.29) is 6.03 Å². The van der Waals surface area contributed by atoms with E-state index in [2.05, 4.69) is 4.90 Å². The van der Waals surface area contributed by atoms with Gasteiger partial charge in [-0.2, -0.15) is 0 Å². The SMILES string of the molecule is Cc1ccc(C(O)CN2CCN(C(=O)N(C)C)CC2)cc1. The summed E-state index contributed by atoms with van der Waals surface area (Å²) in [4.78, 5) is 17.5. The topological polar surface area (TPSA) is 47.0 Å². The molecule has 0 spiro atoms. The molecule has 1 aliphatic rings. The third-order valence-corrected chi connectivity index (χ3v) is 3.92. The lowest BCUT2D eigenvalue weighted by molar-refractivity contribution is 0.0762. The lowest BCUT2D eigenvalue weighted by Crippen LogP contribution is -2.52. The first kappa shape index (κ1) is 15.8. The van der Waals surface area contributed by atoms with Crippen LogP contribution in [0.4, 0.5) is 4.79 Å². The number of piperazine rings is 1. The molecule has 21 heavy (non-hydrogen) atoms. The second-order valence-corrected chi connectivity index (χ2v) is 5.89. The van der Waals surface area contributed by atoms with Crippen LogP contribution in [0.25, 0.3) is 0 Å². The summed E-state index contributed by atoms with van der Waals surface area (Å²) in [5.74, 6) is 0. The van der Waals surface area contributed by atoms with Crippen LogP contribution in [0.5, 0.6) is 0 Å². The minimum Gasteiger partial charge on any atom is -0.387 e. The van der Waals surface area contributed by atoms with Crippen LogP contribution in [0.15, 0.2) is 24.3 Å². The molecule has 1 aliphatic heterocycles. The van der Waals surface area contributed by atoms with E-state index in [1.54, 1.807) is 19.0 Å². The number of carbonyl (C=O) groups excluding carboxylic acids is 1. The standard InChI is InChI=1S/C16H25N3O2/c1-13-4-6-14(7-5-13)15(20)12-18-8-10-19(11-9-18)16(21)17(2)3/h4-7,15,20H,8-12H2,1-3H3. The zero-order chi connectivity index (χ0) is 15.4. The minimum absolute atomic E-state index is 0.0636. The third-order valence-electron chi connectivity index (χ3n) is 3.92. The Morgan fingerprint density at radius 1 is 1.19 bits per heavy atom. The molecule has 1 aromatic carbocycles. The normalized spacial score (nSPS) is 17.6. The number of hydrogen-bond donors (Lipinski definition) is 1. The van der Waals surface area contributed by atoms with E-state index in [9.17, 15) is 9.90 Å². The maximum Gasteiger partial charge on any atom is 0.319 e. The largest absolute Gasteiger partial charge is 0.387 e. The van der Waals surface area contributed by atoms with Gasteiger partial charge >= 0.3 is 6.03 Å². The molecule has 1 atom stereocenters. The number of aliphatic hydroxyl groups excluding tert-OH is 1. The second kappa shape index (κ2) is 6.91. The monoisotopic (exact) mass is 291 g/mol. The van der Waals surface area contributed by atoms with Gasteiger partial charge in [-0.3, -0.25) is 4.90 Å². The molecule has 0 aromatic heterocycles. The number of β-amino-alcohol motifs (C(OH)–C–C–N with tert-alkyl or cyclic N) is 1. The van der Waals surface area contributed by atoms with Gasteiger partial charge in [0.25, 0.3) is 0 Å². The van der Waals surface area contributed by atoms with Crippen LogP contribution in [0.1, 0.15) is 17.2 Å². The van der Waals surface area contributed by atoms with Crippen LogP contribution in [0.3, 0.4) is 0 Å². The lowest BCUT2D eigenvalue weighted by Gasteiger charge is -2.36. The number of aryl methyl sites for hydroxylation is 1. The van der Waals surface area contributed by atoms with E-state index in [1.807, 2.05) is 36.1 Å². The van der Waals surface area contributed by atoms with Gasteiger partial charge in [0.15, 0.2) is 0 Å². The second-order valence-electron chi connectivity index (χ2n) is 5.89. The van der Waals surface area contributed by atoms with Crippen LogP contribution >= 0.6 is 0 Å². The van der Waals surface area contributed by atoms with Crippen molar-refractivity contribution in [2.75, 3.05) is 46.8 Å². The van der Waals surface area contributed by atoms with E-state index in [0.29, 0.717) is 6.54 Å². The molecule has 5 heteroatoms. The molecule has 2 rings (SSSR count). The first-order valence-electron chi connectivity index (χ1n) is 7.40. The predicted octanol–water partition coefficient (Wildman–Crippen LogP) is 1.33. The highest BCUT2D eigenvalue weighted by Crippen LogP contribution is 2.16. The van der Waals surface area contributed by atoms with Crippen LogP contribution in [-0.2, 0) is 0 Å². The van der Waals surface area contributed by atoms with E-state index in [4.69, 9.17) is 0 Å². The molecule has 1 fully saturated rings. The third kappa shape index (κ3) is 4.19. The Hall–Kier alpha value is -1.59. The number of benzene rings is 1. The van der Waals surface area contributed by atoms with Crippen LogP contribution in [0.2, 0.25) is 0 Å². The van der Waals surface area contributed by atoms with Crippen molar-refractivity contribution in [1.29, 1.82) is 0 Å². The fraction of sp³-hybridized carbons (Fsp3) is 0.562. The molecule has 0 saturated carbocycles. The van der Waals surface area contributed by atoms with Gasteiger partial charge in [-0.1, -0.05) is 29.8 Å². The Balaban J connectivity index is 1.83. The highest BCUT2D eigenvalue weighted by molar-refractivity contribution is 5.73. The van der Waals surface area contributed by atoms with Crippen LogP contribution < -0.4 is 0 Å². The van der Waals surface area contributed by atoms with Gasteiger partial charge in [0.05, 0.1) is 6.10 Å². The average molecular weight is 291 g/mol. The predicted molar refractivity (Wildman–Crippen MR) is 83.2 cm³/mol. The molecule has 116 valence electrons. The van der Waals surface area contributed by atoms with Crippen molar-refractivity contribution in [1.82, 2.24) is 14.7 Å². The van der Waals surface area contributed by atoms with E-state index >= 15 is 0 Å². The number of carbonyl (C=O) groups is 1. The Morgan fingerprint density at radius 2 is 1.76 bits per heavy atom. The summed E-state index contributed by atoms with van der Waals surface area (Å²) in [6, 6.07) is 8.06. The highest BCUT2D eigenvalue weighted by Gasteiger charge is 2.23. The molecular formula is C16H25N3O2. The van der Waals surface area contributed by atoms with E-state index in [0.717, 1.165) is 31.7 Å². The van der Waals surface area contributed by atoms with Gasteiger partial charge in [0, 0.05) is 46.8 Å². The fourth-order valence-electron chi connectivity index (χ4n) is 2.54. The maximum atomic E-state index is 11.9. The summed E-state index contributed by atoms with van der Waals surface area (Å²) < 4.78 is 0. The molecule has 0 radical (unpaired) electrons. The van der Waals surface area contributed by atoms with Gasteiger partial charge < -0.3 is 14.9 Å². The van der Waals surface area contributed by atoms with Crippen molar-refractivity contribution in [2.45, 2.75) is 13.0 Å². The first-order chi connectivity index (χ1) is 9.97. The van der Waals surface area contributed by atoms with Crippen molar-refractivity contribution in [2.24, 2.45) is 0 Å². The summed E-state index contributed by atoms with van der Waals surface area (Å²) in [5.41, 5.74) is 2.15. The summed E-state index contributed by atoms with van der Waals surface area (Å²) in [7, 11) is 3.55. The van der Waals surface area contributed by atoms with Gasteiger partial charge in [-0.15, -0.1) is 0 Å². The summed E-state index contributed by atoms with van der Waals surface area (Å²) in [5, 5.41) is 10.3. The summed E-state index contributed by atoms with van der Waals surface area (Å²) in [6.45, 7) is 5.71. The Morgan fingerprint density at radius 3 is 2.29 bits per heavy atom. The van der Waals surface area contributed by atoms with Crippen molar-refractivity contribution in [3.05, 3.63) is 35.4 Å². The van der Waals surface area contributed by atoms with Crippen LogP contribution in [0, 0.1) is 6.92 Å². The smallest absolute Gasteiger partial charge is 0.319 e. The zero-order valence-electron chi connectivity index (χ0n) is 13.1. The van der Waals surface area contributed by atoms with Gasteiger partial charge in [-0.25, -0.2) is 4.79 Å². The molecule has 1 aromatic rings. The van der Waals surface area contributed by atoms with Gasteiger partial charge in [0.2, 0.25) is 0 Å². The molecule has 1 saturated heterocycles. The van der Waals surface area contributed by atoms with E-state index < -0.39 is 6.10 Å². The molecule has 0 bridgehead atoms. The molecule has 1 N–H and O–H groups in total. The lowest BCUT2D eigenvalue weighted by atomic mass is 10.1. The quantitative estimate of drug-likeness (QED) is 0.914. The average Bonchev–Trinajstić information content (AvgIpc) is 2.47. The van der Waals surface area contributed by atoms with Gasteiger partial charge in [0.1, 0.15) is 0 Å². The number of urea groups is 1. The number of rotatable bonds is 3. The Bertz CT molecular complexity index is 465. The summed E-state index contributed by atoms with van der Waals surface area (Å²) in [6.07, 6.45) is -0.471. The maximum absolute atomic E-state index is 11.9. The highest BCUT2D eigenvalue weighted by atomic mass is 16.3. The summed E-state index contributed by atoms with van der Waals surface area (Å²) >= 11 is 0. The van der Waals surface area contributed by atoms with Gasteiger partial charge in [-0.05, 0) is 12.5 Å². The fourth-order valence-corrected chi connectivity index (χ4v) is 2.54. The molecule has 0 aliphatic carbocycles. The first-order valence-corrected chi connectivity index (χ1v) is 7.40.